The lowest BCUT2D eigenvalue weighted by Crippen LogP contribution is -2.37. The molecule has 0 aliphatic carbocycles. The Morgan fingerprint density at radius 2 is 1.91 bits per heavy atom. The van der Waals surface area contributed by atoms with Crippen LogP contribution >= 0.6 is 11.6 Å². The summed E-state index contributed by atoms with van der Waals surface area (Å²) >= 11 is 6.18. The van der Waals surface area contributed by atoms with Crippen LogP contribution in [0.3, 0.4) is 0 Å². The van der Waals surface area contributed by atoms with Gasteiger partial charge in [0.15, 0.2) is 11.6 Å². The van der Waals surface area contributed by atoms with Gasteiger partial charge in [-0.25, -0.2) is 4.39 Å². The number of benzene rings is 2. The van der Waals surface area contributed by atoms with Crippen molar-refractivity contribution in [3.8, 4) is 5.75 Å². The summed E-state index contributed by atoms with van der Waals surface area (Å²) in [5, 5.41) is 11.5. The second-order valence-corrected chi connectivity index (χ2v) is 8.38. The fraction of sp³-hybridized carbons (Fsp3) is 0.333. The molecule has 0 bridgehead atoms. The van der Waals surface area contributed by atoms with Crippen LogP contribution in [0.15, 0.2) is 48.0 Å². The minimum Gasteiger partial charge on any atom is -0.507 e. The molecule has 2 aromatic rings. The number of ether oxygens (including phenoxy) is 1. The first-order valence-corrected chi connectivity index (χ1v) is 10.9. The molecule has 1 amide bonds. The van der Waals surface area contributed by atoms with Crippen molar-refractivity contribution in [2.75, 3.05) is 33.3 Å². The molecule has 2 aromatic carbocycles. The summed E-state index contributed by atoms with van der Waals surface area (Å²) in [5.74, 6) is -2.59. The van der Waals surface area contributed by atoms with Crippen LogP contribution < -0.4 is 4.74 Å². The van der Waals surface area contributed by atoms with Gasteiger partial charge in [0.2, 0.25) is 0 Å². The number of hydrogen-bond acceptors (Lipinski definition) is 5. The second-order valence-electron chi connectivity index (χ2n) is 7.95. The van der Waals surface area contributed by atoms with Crippen LogP contribution in [0, 0.1) is 5.82 Å². The third-order valence-corrected chi connectivity index (χ3v) is 6.22. The zero-order valence-corrected chi connectivity index (χ0v) is 18.4. The maximum Gasteiger partial charge on any atom is 0.295 e. The van der Waals surface area contributed by atoms with Gasteiger partial charge in [0.1, 0.15) is 5.76 Å². The highest BCUT2D eigenvalue weighted by Gasteiger charge is 2.46. The normalized spacial score (nSPS) is 20.8. The van der Waals surface area contributed by atoms with Gasteiger partial charge in [-0.3, -0.25) is 9.59 Å². The van der Waals surface area contributed by atoms with E-state index in [0.717, 1.165) is 32.0 Å². The Bertz CT molecular complexity index is 1080. The van der Waals surface area contributed by atoms with Crippen LogP contribution in [0.5, 0.6) is 5.75 Å². The second kappa shape index (κ2) is 9.30. The first kappa shape index (κ1) is 22.3. The molecule has 8 heteroatoms. The van der Waals surface area contributed by atoms with E-state index < -0.39 is 29.3 Å². The molecule has 2 saturated heterocycles. The number of aliphatic hydroxyl groups is 1. The van der Waals surface area contributed by atoms with Crippen molar-refractivity contribution in [1.29, 1.82) is 0 Å². The zero-order chi connectivity index (χ0) is 22.8. The number of halogens is 2. The van der Waals surface area contributed by atoms with E-state index in [4.69, 9.17) is 16.3 Å². The van der Waals surface area contributed by atoms with E-state index >= 15 is 0 Å². The highest BCUT2D eigenvalue weighted by Crippen LogP contribution is 2.40. The SMILES string of the molecule is COc1ccc(/C(O)=C2\C(=O)C(=O)N(CCN3CCCC3)C2c2cccc(Cl)c2)cc1F. The van der Waals surface area contributed by atoms with Crippen LogP contribution in [0.2, 0.25) is 5.02 Å². The van der Waals surface area contributed by atoms with Crippen LogP contribution in [0.1, 0.15) is 30.0 Å². The van der Waals surface area contributed by atoms with Crippen molar-refractivity contribution >= 4 is 29.1 Å². The molecular formula is C24H24ClFN2O4. The van der Waals surface area contributed by atoms with E-state index in [9.17, 15) is 19.1 Å². The summed E-state index contributed by atoms with van der Waals surface area (Å²) in [5.41, 5.74) is 0.616. The third kappa shape index (κ3) is 4.23. The molecular weight excluding hydrogens is 435 g/mol. The quantitative estimate of drug-likeness (QED) is 0.402. The molecule has 0 aromatic heterocycles. The van der Waals surface area contributed by atoms with Gasteiger partial charge in [0, 0.05) is 23.7 Å². The Morgan fingerprint density at radius 3 is 2.56 bits per heavy atom. The number of methoxy groups -OCH3 is 1. The Balaban J connectivity index is 1.77. The minimum atomic E-state index is -0.818. The fourth-order valence-electron chi connectivity index (χ4n) is 4.36. The summed E-state index contributed by atoms with van der Waals surface area (Å²) in [7, 11) is 1.34. The number of amides is 1. The molecule has 168 valence electrons. The first-order valence-electron chi connectivity index (χ1n) is 10.5. The third-order valence-electron chi connectivity index (χ3n) is 5.99. The molecule has 32 heavy (non-hydrogen) atoms. The van der Waals surface area contributed by atoms with Crippen molar-refractivity contribution < 1.29 is 23.8 Å². The van der Waals surface area contributed by atoms with Crippen molar-refractivity contribution in [2.45, 2.75) is 18.9 Å². The highest BCUT2D eigenvalue weighted by molar-refractivity contribution is 6.46. The van der Waals surface area contributed by atoms with Crippen LogP contribution in [0.25, 0.3) is 5.76 Å². The maximum atomic E-state index is 14.3. The largest absolute Gasteiger partial charge is 0.507 e. The zero-order valence-electron chi connectivity index (χ0n) is 17.7. The predicted molar refractivity (Wildman–Crippen MR) is 119 cm³/mol. The van der Waals surface area contributed by atoms with Gasteiger partial charge in [-0.15, -0.1) is 0 Å². The summed E-state index contributed by atoms with van der Waals surface area (Å²) < 4.78 is 19.2. The number of nitrogens with zero attached hydrogens (tertiary/aromatic N) is 2. The number of likely N-dealkylation sites (tertiary alicyclic amines) is 2. The van der Waals surface area contributed by atoms with Crippen LogP contribution in [-0.2, 0) is 9.59 Å². The van der Waals surface area contributed by atoms with Gasteiger partial charge in [-0.05, 0) is 61.8 Å². The molecule has 0 radical (unpaired) electrons. The van der Waals surface area contributed by atoms with Crippen molar-refractivity contribution in [1.82, 2.24) is 9.80 Å². The van der Waals surface area contributed by atoms with Crippen molar-refractivity contribution in [3.05, 3.63) is 70.0 Å². The maximum absolute atomic E-state index is 14.3. The number of hydrogen-bond donors (Lipinski definition) is 1. The summed E-state index contributed by atoms with van der Waals surface area (Å²) in [6.07, 6.45) is 2.22. The van der Waals surface area contributed by atoms with E-state index in [1.807, 2.05) is 0 Å². The molecule has 4 rings (SSSR count). The van der Waals surface area contributed by atoms with Gasteiger partial charge in [0.05, 0.1) is 18.7 Å². The van der Waals surface area contributed by atoms with E-state index in [-0.39, 0.29) is 16.9 Å². The molecule has 1 unspecified atom stereocenters. The molecule has 2 aliphatic heterocycles. The highest BCUT2D eigenvalue weighted by atomic mass is 35.5. The predicted octanol–water partition coefficient (Wildman–Crippen LogP) is 4.01. The Kier molecular flexibility index (Phi) is 6.48. The average molecular weight is 459 g/mol. The number of aliphatic hydroxyl groups excluding tert-OH is 1. The summed E-state index contributed by atoms with van der Waals surface area (Å²) in [6, 6.07) is 9.93. The summed E-state index contributed by atoms with van der Waals surface area (Å²) in [6.45, 7) is 2.87. The topological polar surface area (TPSA) is 70.1 Å². The lowest BCUT2D eigenvalue weighted by Gasteiger charge is -2.27. The van der Waals surface area contributed by atoms with Crippen molar-refractivity contribution in [2.24, 2.45) is 0 Å². The van der Waals surface area contributed by atoms with Crippen LogP contribution in [0.4, 0.5) is 4.39 Å². The fourth-order valence-corrected chi connectivity index (χ4v) is 4.56. The molecule has 2 aliphatic rings. The molecule has 2 heterocycles. The van der Waals surface area contributed by atoms with Gasteiger partial charge in [0.25, 0.3) is 11.7 Å². The van der Waals surface area contributed by atoms with E-state index in [1.54, 1.807) is 24.3 Å². The average Bonchev–Trinajstić information content (AvgIpc) is 3.39. The number of Topliss-reactive ketones (excluding diaryl/α,β-unsaturated/α-hetero) is 1. The van der Waals surface area contributed by atoms with Gasteiger partial charge < -0.3 is 19.6 Å². The van der Waals surface area contributed by atoms with Gasteiger partial charge in [-0.1, -0.05) is 23.7 Å². The molecule has 6 nitrogen and oxygen atoms in total. The number of carbonyl (C=O) groups is 2. The minimum absolute atomic E-state index is 0.0130. The van der Waals surface area contributed by atoms with E-state index in [1.165, 1.54) is 24.1 Å². The standard InChI is InChI=1S/C24H24ClFN2O4/c1-32-19-8-7-16(14-18(19)26)22(29)20-21(15-5-4-6-17(25)13-15)28(24(31)23(20)30)12-11-27-9-2-3-10-27/h4-8,13-14,21,29H,2-3,9-12H2,1H3/b22-20+. The monoisotopic (exact) mass is 458 g/mol. The van der Waals surface area contributed by atoms with Crippen molar-refractivity contribution in [3.63, 3.8) is 0 Å². The number of carbonyl (C=O) groups excluding carboxylic acids is 2. The molecule has 0 spiro atoms. The summed E-state index contributed by atoms with van der Waals surface area (Å²) in [4.78, 5) is 29.7. The lowest BCUT2D eigenvalue weighted by atomic mass is 9.95. The molecule has 0 saturated carbocycles. The number of ketones is 1. The smallest absolute Gasteiger partial charge is 0.295 e. The molecule has 2 fully saturated rings. The Labute approximate surface area is 190 Å². The lowest BCUT2D eigenvalue weighted by molar-refractivity contribution is -0.140. The van der Waals surface area contributed by atoms with E-state index in [2.05, 4.69) is 4.90 Å². The Hall–Kier alpha value is -2.90. The molecule has 1 N–H and O–H groups in total. The van der Waals surface area contributed by atoms with Gasteiger partial charge >= 0.3 is 0 Å². The number of rotatable bonds is 6. The van der Waals surface area contributed by atoms with E-state index in [0.29, 0.717) is 23.7 Å². The molecule has 1 atom stereocenters. The Morgan fingerprint density at radius 1 is 1.16 bits per heavy atom. The van der Waals surface area contributed by atoms with Crippen LogP contribution in [-0.4, -0.2) is 59.9 Å². The van der Waals surface area contributed by atoms with Gasteiger partial charge in [-0.2, -0.15) is 0 Å². The first-order chi connectivity index (χ1) is 15.4.